The van der Waals surface area contributed by atoms with Gasteiger partial charge >= 0.3 is 6.09 Å². The highest BCUT2D eigenvalue weighted by atomic mass is 16.6. The Balaban J connectivity index is 2.39. The summed E-state index contributed by atoms with van der Waals surface area (Å²) in [4.78, 5) is 16.3. The number of nitrogens with zero attached hydrogens (tertiary/aromatic N) is 2. The van der Waals surface area contributed by atoms with E-state index in [1.165, 1.54) is 12.8 Å². The van der Waals surface area contributed by atoms with Crippen molar-refractivity contribution in [3.63, 3.8) is 0 Å². The number of rotatable bonds is 3. The monoisotopic (exact) mass is 256 g/mol. The van der Waals surface area contributed by atoms with Crippen LogP contribution in [0.5, 0.6) is 0 Å². The number of amides is 1. The summed E-state index contributed by atoms with van der Waals surface area (Å²) in [7, 11) is 0. The molecule has 0 aliphatic carbocycles. The lowest BCUT2D eigenvalue weighted by Gasteiger charge is -2.26. The molecule has 1 fully saturated rings. The minimum absolute atomic E-state index is 0.167. The second-order valence-corrected chi connectivity index (χ2v) is 6.02. The van der Waals surface area contributed by atoms with Gasteiger partial charge in [-0.1, -0.05) is 13.3 Å². The van der Waals surface area contributed by atoms with E-state index in [9.17, 15) is 4.79 Å². The fourth-order valence-electron chi connectivity index (χ4n) is 2.09. The third-order valence-corrected chi connectivity index (χ3v) is 3.07. The summed E-state index contributed by atoms with van der Waals surface area (Å²) >= 11 is 0. The van der Waals surface area contributed by atoms with Gasteiger partial charge in [-0.05, 0) is 46.7 Å². The molecule has 1 rings (SSSR count). The van der Waals surface area contributed by atoms with E-state index >= 15 is 0 Å². The average molecular weight is 256 g/mol. The molecule has 106 valence electrons. The van der Waals surface area contributed by atoms with Crippen LogP contribution in [-0.2, 0) is 4.74 Å². The Morgan fingerprint density at radius 2 is 1.89 bits per heavy atom. The highest BCUT2D eigenvalue weighted by molar-refractivity contribution is 5.68. The predicted octanol–water partition coefficient (Wildman–Crippen LogP) is 2.73. The standard InChI is InChI=1S/C14H28N2O2/c1-5-6-8-15-9-7-10-16(12-11-15)13(17)18-14(2,3)4/h5-12H2,1-4H3. The van der Waals surface area contributed by atoms with Crippen molar-refractivity contribution >= 4 is 6.09 Å². The maximum Gasteiger partial charge on any atom is 0.410 e. The third-order valence-electron chi connectivity index (χ3n) is 3.07. The van der Waals surface area contributed by atoms with Crippen LogP contribution in [0.15, 0.2) is 0 Å². The first-order valence-corrected chi connectivity index (χ1v) is 7.12. The Morgan fingerprint density at radius 3 is 2.50 bits per heavy atom. The molecule has 0 N–H and O–H groups in total. The molecule has 0 aromatic carbocycles. The van der Waals surface area contributed by atoms with Crippen molar-refractivity contribution in [3.8, 4) is 0 Å². The zero-order valence-electron chi connectivity index (χ0n) is 12.4. The zero-order chi connectivity index (χ0) is 13.6. The highest BCUT2D eigenvalue weighted by Gasteiger charge is 2.24. The van der Waals surface area contributed by atoms with Crippen LogP contribution in [0.4, 0.5) is 4.79 Å². The molecule has 0 atom stereocenters. The van der Waals surface area contributed by atoms with Crippen LogP contribution < -0.4 is 0 Å². The largest absolute Gasteiger partial charge is 0.444 e. The van der Waals surface area contributed by atoms with Gasteiger partial charge in [0, 0.05) is 19.6 Å². The number of unbranched alkanes of at least 4 members (excludes halogenated alkanes) is 1. The van der Waals surface area contributed by atoms with Gasteiger partial charge in [0.15, 0.2) is 0 Å². The topological polar surface area (TPSA) is 32.8 Å². The van der Waals surface area contributed by atoms with Gasteiger partial charge < -0.3 is 14.5 Å². The first-order valence-electron chi connectivity index (χ1n) is 7.12. The Bertz CT molecular complexity index is 261. The number of hydrogen-bond donors (Lipinski definition) is 0. The van der Waals surface area contributed by atoms with Gasteiger partial charge in [-0.25, -0.2) is 4.79 Å². The van der Waals surface area contributed by atoms with E-state index in [0.29, 0.717) is 0 Å². The molecule has 1 saturated heterocycles. The number of ether oxygens (including phenoxy) is 1. The Morgan fingerprint density at radius 1 is 1.17 bits per heavy atom. The summed E-state index contributed by atoms with van der Waals surface area (Å²) in [5.74, 6) is 0. The minimum atomic E-state index is -0.398. The van der Waals surface area contributed by atoms with Gasteiger partial charge in [0.05, 0.1) is 0 Å². The average Bonchev–Trinajstić information content (AvgIpc) is 2.49. The van der Waals surface area contributed by atoms with Crippen molar-refractivity contribution in [1.29, 1.82) is 0 Å². The SMILES string of the molecule is CCCCN1CCCN(C(=O)OC(C)(C)C)CC1. The summed E-state index contributed by atoms with van der Waals surface area (Å²) in [5.41, 5.74) is -0.398. The maximum atomic E-state index is 12.0. The van der Waals surface area contributed by atoms with Crippen molar-refractivity contribution in [1.82, 2.24) is 9.80 Å². The fraction of sp³-hybridized carbons (Fsp3) is 0.929. The Hall–Kier alpha value is -0.770. The molecule has 0 bridgehead atoms. The molecule has 1 amide bonds. The lowest BCUT2D eigenvalue weighted by molar-refractivity contribution is 0.0257. The first kappa shape index (κ1) is 15.3. The van der Waals surface area contributed by atoms with Crippen LogP contribution in [0.2, 0.25) is 0 Å². The molecule has 4 nitrogen and oxygen atoms in total. The van der Waals surface area contributed by atoms with Gasteiger partial charge in [0.1, 0.15) is 5.60 Å². The van der Waals surface area contributed by atoms with Crippen LogP contribution in [0, 0.1) is 0 Å². The van der Waals surface area contributed by atoms with Crippen LogP contribution in [0.1, 0.15) is 47.0 Å². The molecule has 18 heavy (non-hydrogen) atoms. The zero-order valence-corrected chi connectivity index (χ0v) is 12.4. The summed E-state index contributed by atoms with van der Waals surface area (Å²) in [6.07, 6.45) is 3.35. The van der Waals surface area contributed by atoms with Crippen LogP contribution in [0.3, 0.4) is 0 Å². The molecule has 1 heterocycles. The lowest BCUT2D eigenvalue weighted by atomic mass is 10.2. The quantitative estimate of drug-likeness (QED) is 0.778. The third kappa shape index (κ3) is 5.71. The highest BCUT2D eigenvalue weighted by Crippen LogP contribution is 2.12. The molecule has 0 unspecified atom stereocenters. The molecular weight excluding hydrogens is 228 g/mol. The van der Waals surface area contributed by atoms with E-state index in [2.05, 4.69) is 11.8 Å². The smallest absolute Gasteiger partial charge is 0.410 e. The van der Waals surface area contributed by atoms with E-state index in [1.807, 2.05) is 25.7 Å². The van der Waals surface area contributed by atoms with E-state index in [-0.39, 0.29) is 6.09 Å². The van der Waals surface area contributed by atoms with E-state index in [1.54, 1.807) is 0 Å². The number of carbonyl (C=O) groups excluding carboxylic acids is 1. The fourth-order valence-corrected chi connectivity index (χ4v) is 2.09. The predicted molar refractivity (Wildman–Crippen MR) is 73.8 cm³/mol. The minimum Gasteiger partial charge on any atom is -0.444 e. The van der Waals surface area contributed by atoms with E-state index < -0.39 is 5.60 Å². The summed E-state index contributed by atoms with van der Waals surface area (Å²) in [6, 6.07) is 0. The lowest BCUT2D eigenvalue weighted by Crippen LogP contribution is -2.39. The second kappa shape index (κ2) is 6.98. The van der Waals surface area contributed by atoms with Crippen molar-refractivity contribution in [2.75, 3.05) is 32.7 Å². The van der Waals surface area contributed by atoms with Crippen molar-refractivity contribution in [2.45, 2.75) is 52.6 Å². The normalized spacial score (nSPS) is 18.6. The molecule has 0 aromatic heterocycles. The molecule has 1 aliphatic heterocycles. The number of carbonyl (C=O) groups is 1. The molecule has 0 aromatic rings. The molecule has 4 heteroatoms. The first-order chi connectivity index (χ1) is 8.42. The molecule has 0 saturated carbocycles. The summed E-state index contributed by atoms with van der Waals surface area (Å²) in [6.45, 7) is 12.8. The molecule has 0 radical (unpaired) electrons. The van der Waals surface area contributed by atoms with Crippen molar-refractivity contribution in [3.05, 3.63) is 0 Å². The molecule has 0 spiro atoms. The summed E-state index contributed by atoms with van der Waals surface area (Å²) < 4.78 is 5.42. The summed E-state index contributed by atoms with van der Waals surface area (Å²) in [5, 5.41) is 0. The Kier molecular flexibility index (Phi) is 5.93. The van der Waals surface area contributed by atoms with Gasteiger partial charge in [0.25, 0.3) is 0 Å². The van der Waals surface area contributed by atoms with Crippen LogP contribution >= 0.6 is 0 Å². The van der Waals surface area contributed by atoms with Gasteiger partial charge in [-0.3, -0.25) is 0 Å². The van der Waals surface area contributed by atoms with E-state index in [0.717, 1.165) is 39.1 Å². The molecule has 1 aliphatic rings. The number of hydrogen-bond acceptors (Lipinski definition) is 3. The van der Waals surface area contributed by atoms with Crippen LogP contribution in [-0.4, -0.2) is 54.2 Å². The maximum absolute atomic E-state index is 12.0. The van der Waals surface area contributed by atoms with Crippen molar-refractivity contribution in [2.24, 2.45) is 0 Å². The van der Waals surface area contributed by atoms with Crippen molar-refractivity contribution < 1.29 is 9.53 Å². The van der Waals surface area contributed by atoms with E-state index in [4.69, 9.17) is 4.74 Å². The van der Waals surface area contributed by atoms with Gasteiger partial charge in [-0.2, -0.15) is 0 Å². The molecular formula is C14H28N2O2. The Labute approximate surface area is 111 Å². The second-order valence-electron chi connectivity index (χ2n) is 6.02. The van der Waals surface area contributed by atoms with Gasteiger partial charge in [0.2, 0.25) is 0 Å². The van der Waals surface area contributed by atoms with Gasteiger partial charge in [-0.15, -0.1) is 0 Å². The van der Waals surface area contributed by atoms with Crippen LogP contribution in [0.25, 0.3) is 0 Å².